The molecule has 1 aromatic carbocycles. The summed E-state index contributed by atoms with van der Waals surface area (Å²) in [5, 5.41) is 0.228. The molecule has 0 aliphatic carbocycles. The van der Waals surface area contributed by atoms with Crippen molar-refractivity contribution in [2.45, 2.75) is 25.8 Å². The van der Waals surface area contributed by atoms with E-state index in [1.54, 1.807) is 12.1 Å². The monoisotopic (exact) mass is 299 g/mol. The normalized spacial score (nSPS) is 19.7. The fraction of sp³-hybridized carbons (Fsp3) is 0.462. The molecule has 0 saturated carbocycles. The number of ketones is 1. The van der Waals surface area contributed by atoms with Gasteiger partial charge < -0.3 is 4.90 Å². The van der Waals surface area contributed by atoms with Crippen molar-refractivity contribution in [2.24, 2.45) is 0 Å². The highest BCUT2D eigenvalue weighted by molar-refractivity contribution is 9.09. The van der Waals surface area contributed by atoms with E-state index in [2.05, 4.69) is 27.8 Å². The van der Waals surface area contributed by atoms with Crippen molar-refractivity contribution in [1.29, 1.82) is 0 Å². The molecule has 0 radical (unpaired) electrons. The molecule has 1 atom stereocenters. The van der Waals surface area contributed by atoms with Crippen molar-refractivity contribution in [2.75, 3.05) is 16.8 Å². The minimum atomic E-state index is -0.300. The number of carbonyl (C=O) groups is 1. The molecule has 0 spiro atoms. The number of Topliss-reactive ketones (excluding diaryl/α,β-unsaturated/α-hetero) is 1. The Morgan fingerprint density at radius 3 is 2.88 bits per heavy atom. The van der Waals surface area contributed by atoms with Crippen molar-refractivity contribution in [3.8, 4) is 0 Å². The summed E-state index contributed by atoms with van der Waals surface area (Å²) in [7, 11) is 0. The van der Waals surface area contributed by atoms with E-state index >= 15 is 0 Å². The second-order valence-corrected chi connectivity index (χ2v) is 4.97. The van der Waals surface area contributed by atoms with Gasteiger partial charge >= 0.3 is 0 Å². The largest absolute Gasteiger partial charge is 0.366 e. The Bertz CT molecular complexity index is 435. The van der Waals surface area contributed by atoms with Gasteiger partial charge in [-0.3, -0.25) is 4.79 Å². The summed E-state index contributed by atoms with van der Waals surface area (Å²) < 4.78 is 14.0. The van der Waals surface area contributed by atoms with Gasteiger partial charge in [0.15, 0.2) is 5.78 Å². The Morgan fingerprint density at radius 2 is 2.35 bits per heavy atom. The molecule has 4 heteroatoms. The Morgan fingerprint density at radius 1 is 1.59 bits per heavy atom. The number of hydrogen-bond acceptors (Lipinski definition) is 2. The number of benzene rings is 1. The highest BCUT2D eigenvalue weighted by Crippen LogP contribution is 2.28. The number of alkyl halides is 1. The molecule has 1 aliphatic rings. The third-order valence-corrected chi connectivity index (χ3v) is 3.76. The molecular formula is C13H15BrFNO. The fourth-order valence-corrected chi connectivity index (χ4v) is 2.61. The summed E-state index contributed by atoms with van der Waals surface area (Å²) >= 11 is 3.09. The van der Waals surface area contributed by atoms with Crippen LogP contribution < -0.4 is 4.90 Å². The number of hydrogen-bond donors (Lipinski definition) is 0. The van der Waals surface area contributed by atoms with Crippen molar-refractivity contribution in [1.82, 2.24) is 0 Å². The lowest BCUT2D eigenvalue weighted by atomic mass is 10.1. The van der Waals surface area contributed by atoms with Crippen LogP contribution in [0.2, 0.25) is 0 Å². The van der Waals surface area contributed by atoms with E-state index in [4.69, 9.17) is 0 Å². The first-order valence-electron chi connectivity index (χ1n) is 5.79. The van der Waals surface area contributed by atoms with Gasteiger partial charge in [0.05, 0.1) is 11.0 Å². The molecule has 0 bridgehead atoms. The van der Waals surface area contributed by atoms with Gasteiger partial charge in [0.1, 0.15) is 5.82 Å². The molecule has 17 heavy (non-hydrogen) atoms. The van der Waals surface area contributed by atoms with E-state index < -0.39 is 0 Å². The van der Waals surface area contributed by atoms with Crippen molar-refractivity contribution in [3.63, 3.8) is 0 Å². The number of carbonyl (C=O) groups excluding carboxylic acids is 1. The maximum absolute atomic E-state index is 14.0. The molecule has 92 valence electrons. The molecule has 2 nitrogen and oxygen atoms in total. The molecule has 1 heterocycles. The minimum Gasteiger partial charge on any atom is -0.366 e. The number of anilines is 1. The van der Waals surface area contributed by atoms with Gasteiger partial charge in [0.2, 0.25) is 0 Å². The Balaban J connectivity index is 2.28. The first-order valence-corrected chi connectivity index (χ1v) is 6.91. The van der Waals surface area contributed by atoms with Gasteiger partial charge in [-0.05, 0) is 38.0 Å². The van der Waals surface area contributed by atoms with E-state index in [0.717, 1.165) is 19.4 Å². The lowest BCUT2D eigenvalue weighted by molar-refractivity contribution is 0.102. The van der Waals surface area contributed by atoms with Crippen LogP contribution in [0.4, 0.5) is 10.1 Å². The highest BCUT2D eigenvalue weighted by atomic mass is 79.9. The molecule has 1 fully saturated rings. The molecular weight excluding hydrogens is 285 g/mol. The van der Waals surface area contributed by atoms with Gasteiger partial charge in [-0.15, -0.1) is 0 Å². The van der Waals surface area contributed by atoms with Gasteiger partial charge in [-0.2, -0.15) is 0 Å². The zero-order valence-electron chi connectivity index (χ0n) is 9.75. The van der Waals surface area contributed by atoms with Crippen LogP contribution in [0.5, 0.6) is 0 Å². The van der Waals surface area contributed by atoms with Crippen LogP contribution in [0.1, 0.15) is 30.1 Å². The van der Waals surface area contributed by atoms with Crippen molar-refractivity contribution in [3.05, 3.63) is 29.6 Å². The van der Waals surface area contributed by atoms with Crippen LogP contribution in [0.25, 0.3) is 0 Å². The molecule has 1 aromatic rings. The Labute approximate surface area is 109 Å². The predicted molar refractivity (Wildman–Crippen MR) is 70.6 cm³/mol. The van der Waals surface area contributed by atoms with Crippen molar-refractivity contribution >= 4 is 27.4 Å². The van der Waals surface area contributed by atoms with Gasteiger partial charge in [-0.25, -0.2) is 4.39 Å². The summed E-state index contributed by atoms with van der Waals surface area (Å²) in [5.74, 6) is -0.393. The minimum absolute atomic E-state index is 0.0927. The SMILES string of the molecule is C[C@H]1CCCN1c1ccc(C(=O)CBr)cc1F. The summed E-state index contributed by atoms with van der Waals surface area (Å²) in [5.41, 5.74) is 1.04. The standard InChI is InChI=1S/C13H15BrFNO/c1-9-3-2-6-16(9)12-5-4-10(7-11(12)15)13(17)8-14/h4-5,7,9H,2-3,6,8H2,1H3/t9-/m0/s1. The second-order valence-electron chi connectivity index (χ2n) is 4.41. The van der Waals surface area contributed by atoms with Crippen LogP contribution in [-0.4, -0.2) is 23.7 Å². The van der Waals surface area contributed by atoms with Gasteiger partial charge in [0, 0.05) is 18.2 Å². The average molecular weight is 300 g/mol. The van der Waals surface area contributed by atoms with E-state index in [-0.39, 0.29) is 16.9 Å². The maximum Gasteiger partial charge on any atom is 0.173 e. The van der Waals surface area contributed by atoms with Gasteiger partial charge in [-0.1, -0.05) is 15.9 Å². The van der Waals surface area contributed by atoms with Crippen LogP contribution in [-0.2, 0) is 0 Å². The van der Waals surface area contributed by atoms with Crippen LogP contribution >= 0.6 is 15.9 Å². The average Bonchev–Trinajstić information content (AvgIpc) is 2.74. The molecule has 1 saturated heterocycles. The summed E-state index contributed by atoms with van der Waals surface area (Å²) in [6.45, 7) is 2.99. The molecule has 0 N–H and O–H groups in total. The molecule has 0 unspecified atom stereocenters. The number of nitrogens with zero attached hydrogens (tertiary/aromatic N) is 1. The van der Waals surface area contributed by atoms with Gasteiger partial charge in [0.25, 0.3) is 0 Å². The maximum atomic E-state index is 14.0. The molecule has 1 aliphatic heterocycles. The lowest BCUT2D eigenvalue weighted by Crippen LogP contribution is -2.27. The fourth-order valence-electron chi connectivity index (χ4n) is 2.28. The van der Waals surface area contributed by atoms with Crippen LogP contribution in [0.15, 0.2) is 18.2 Å². The summed E-state index contributed by atoms with van der Waals surface area (Å²) in [6, 6.07) is 5.13. The highest BCUT2D eigenvalue weighted by Gasteiger charge is 2.23. The second kappa shape index (κ2) is 5.17. The molecule has 0 amide bonds. The summed E-state index contributed by atoms with van der Waals surface area (Å²) in [4.78, 5) is 13.5. The lowest BCUT2D eigenvalue weighted by Gasteiger charge is -2.24. The Hall–Kier alpha value is -0.900. The van der Waals surface area contributed by atoms with E-state index in [1.165, 1.54) is 6.07 Å². The smallest absolute Gasteiger partial charge is 0.173 e. The number of rotatable bonds is 3. The predicted octanol–water partition coefficient (Wildman–Crippen LogP) is 3.39. The van der Waals surface area contributed by atoms with Crippen molar-refractivity contribution < 1.29 is 9.18 Å². The topological polar surface area (TPSA) is 20.3 Å². The molecule has 2 rings (SSSR count). The third-order valence-electron chi connectivity index (χ3n) is 3.25. The van der Waals surface area contributed by atoms with E-state index in [1.807, 2.05) is 0 Å². The first kappa shape index (κ1) is 12.6. The van der Waals surface area contributed by atoms with Crippen LogP contribution in [0.3, 0.4) is 0 Å². The quantitative estimate of drug-likeness (QED) is 0.630. The van der Waals surface area contributed by atoms with E-state index in [0.29, 0.717) is 17.3 Å². The zero-order valence-corrected chi connectivity index (χ0v) is 11.3. The van der Waals surface area contributed by atoms with Crippen LogP contribution in [0, 0.1) is 5.82 Å². The summed E-state index contributed by atoms with van der Waals surface area (Å²) in [6.07, 6.45) is 2.20. The number of halogens is 2. The zero-order chi connectivity index (χ0) is 12.4. The van der Waals surface area contributed by atoms with E-state index in [9.17, 15) is 9.18 Å². The Kier molecular flexibility index (Phi) is 3.82. The third kappa shape index (κ3) is 2.51. The molecule has 0 aromatic heterocycles. The first-order chi connectivity index (χ1) is 8.13.